The van der Waals surface area contributed by atoms with Crippen LogP contribution in [0.2, 0.25) is 0 Å². The van der Waals surface area contributed by atoms with Crippen LogP contribution in [0.25, 0.3) is 0 Å². The third-order valence-corrected chi connectivity index (χ3v) is 3.22. The van der Waals surface area contributed by atoms with Gasteiger partial charge in [0.1, 0.15) is 5.76 Å². The van der Waals surface area contributed by atoms with Crippen molar-refractivity contribution in [3.05, 3.63) is 46.5 Å². The highest BCUT2D eigenvalue weighted by Gasteiger charge is 2.07. The van der Waals surface area contributed by atoms with E-state index in [-0.39, 0.29) is 6.10 Å². The van der Waals surface area contributed by atoms with Crippen LogP contribution in [0.15, 0.2) is 40.3 Å². The molecule has 1 unspecified atom stereocenters. The van der Waals surface area contributed by atoms with Crippen LogP contribution < -0.4 is 0 Å². The molecule has 3 heteroatoms. The second-order valence-electron chi connectivity index (χ2n) is 3.56. The summed E-state index contributed by atoms with van der Waals surface area (Å²) in [5.74, 6) is 0.945. The Labute approximate surface area is 93.2 Å². The fourth-order valence-corrected chi connectivity index (χ4v) is 2.30. The van der Waals surface area contributed by atoms with Gasteiger partial charge in [-0.3, -0.25) is 0 Å². The summed E-state index contributed by atoms with van der Waals surface area (Å²) < 4.78 is 5.21. The van der Waals surface area contributed by atoms with Gasteiger partial charge < -0.3 is 9.52 Å². The minimum atomic E-state index is -0.270. The minimum Gasteiger partial charge on any atom is -0.469 e. The van der Waals surface area contributed by atoms with Crippen LogP contribution in [0.4, 0.5) is 0 Å². The second-order valence-corrected chi connectivity index (χ2v) is 4.59. The molecule has 0 aliphatic carbocycles. The van der Waals surface area contributed by atoms with Crippen molar-refractivity contribution in [2.45, 2.75) is 25.4 Å². The highest BCUT2D eigenvalue weighted by atomic mass is 32.1. The minimum absolute atomic E-state index is 0.270. The molecule has 2 rings (SSSR count). The van der Waals surface area contributed by atoms with Gasteiger partial charge in [0.2, 0.25) is 0 Å². The van der Waals surface area contributed by atoms with E-state index in [1.807, 2.05) is 23.6 Å². The standard InChI is InChI=1S/C12H14O2S/c13-10(9-12-4-2-8-15-12)5-6-11-3-1-7-14-11/h1-4,7-8,10,13H,5-6,9H2. The molecular weight excluding hydrogens is 208 g/mol. The predicted molar refractivity (Wildman–Crippen MR) is 61.1 cm³/mol. The van der Waals surface area contributed by atoms with Crippen molar-refractivity contribution in [2.75, 3.05) is 0 Å². The molecule has 0 aliphatic rings. The number of hydrogen-bond acceptors (Lipinski definition) is 3. The Morgan fingerprint density at radius 3 is 2.93 bits per heavy atom. The first-order valence-electron chi connectivity index (χ1n) is 5.07. The van der Waals surface area contributed by atoms with Gasteiger partial charge in [-0.15, -0.1) is 11.3 Å². The number of hydrogen-bond donors (Lipinski definition) is 1. The topological polar surface area (TPSA) is 33.4 Å². The van der Waals surface area contributed by atoms with Crippen LogP contribution in [0, 0.1) is 0 Å². The van der Waals surface area contributed by atoms with Crippen molar-refractivity contribution >= 4 is 11.3 Å². The molecule has 0 saturated carbocycles. The zero-order chi connectivity index (χ0) is 10.5. The second kappa shape index (κ2) is 5.14. The molecule has 0 amide bonds. The van der Waals surface area contributed by atoms with E-state index in [4.69, 9.17) is 4.42 Å². The van der Waals surface area contributed by atoms with Crippen LogP contribution >= 0.6 is 11.3 Å². The van der Waals surface area contributed by atoms with E-state index in [1.165, 1.54) is 4.88 Å². The summed E-state index contributed by atoms with van der Waals surface area (Å²) in [6.07, 6.45) is 3.71. The van der Waals surface area contributed by atoms with Crippen molar-refractivity contribution in [3.63, 3.8) is 0 Å². The van der Waals surface area contributed by atoms with E-state index in [0.29, 0.717) is 0 Å². The van der Waals surface area contributed by atoms with Crippen LogP contribution in [0.1, 0.15) is 17.1 Å². The van der Waals surface area contributed by atoms with Gasteiger partial charge in [0.25, 0.3) is 0 Å². The molecular formula is C12H14O2S. The van der Waals surface area contributed by atoms with Gasteiger partial charge in [0.15, 0.2) is 0 Å². The Bertz CT molecular complexity index is 364. The van der Waals surface area contributed by atoms with E-state index in [0.717, 1.165) is 25.0 Å². The van der Waals surface area contributed by atoms with Crippen molar-refractivity contribution in [1.82, 2.24) is 0 Å². The average Bonchev–Trinajstić information content (AvgIpc) is 2.86. The first-order valence-corrected chi connectivity index (χ1v) is 5.95. The molecule has 1 atom stereocenters. The summed E-state index contributed by atoms with van der Waals surface area (Å²) >= 11 is 1.69. The summed E-state index contributed by atoms with van der Waals surface area (Å²) in [6, 6.07) is 7.89. The molecule has 2 nitrogen and oxygen atoms in total. The lowest BCUT2D eigenvalue weighted by Gasteiger charge is -2.07. The number of rotatable bonds is 5. The molecule has 0 fully saturated rings. The lowest BCUT2D eigenvalue weighted by atomic mass is 10.1. The van der Waals surface area contributed by atoms with Crippen LogP contribution in [0.5, 0.6) is 0 Å². The van der Waals surface area contributed by atoms with Crippen molar-refractivity contribution in [1.29, 1.82) is 0 Å². The third-order valence-electron chi connectivity index (χ3n) is 2.32. The monoisotopic (exact) mass is 222 g/mol. The lowest BCUT2D eigenvalue weighted by Crippen LogP contribution is -2.10. The van der Waals surface area contributed by atoms with Crippen LogP contribution in [-0.2, 0) is 12.8 Å². The normalized spacial score (nSPS) is 12.9. The van der Waals surface area contributed by atoms with Gasteiger partial charge in [-0.25, -0.2) is 0 Å². The SMILES string of the molecule is OC(CCc1ccco1)Cc1cccs1. The molecule has 0 aromatic carbocycles. The first-order chi connectivity index (χ1) is 7.34. The summed E-state index contributed by atoms with van der Waals surface area (Å²) in [5.41, 5.74) is 0. The van der Waals surface area contributed by atoms with Gasteiger partial charge in [0, 0.05) is 17.7 Å². The fourth-order valence-electron chi connectivity index (χ4n) is 1.53. The highest BCUT2D eigenvalue weighted by Crippen LogP contribution is 2.14. The Morgan fingerprint density at radius 1 is 1.33 bits per heavy atom. The maximum absolute atomic E-state index is 9.78. The molecule has 1 N–H and O–H groups in total. The van der Waals surface area contributed by atoms with Gasteiger partial charge in [0.05, 0.1) is 12.4 Å². The summed E-state index contributed by atoms with van der Waals surface area (Å²) in [6.45, 7) is 0. The zero-order valence-corrected chi connectivity index (χ0v) is 9.24. The summed E-state index contributed by atoms with van der Waals surface area (Å²) in [5, 5.41) is 11.8. The smallest absolute Gasteiger partial charge is 0.103 e. The summed E-state index contributed by atoms with van der Waals surface area (Å²) in [7, 11) is 0. The van der Waals surface area contributed by atoms with Crippen molar-refractivity contribution in [2.24, 2.45) is 0 Å². The molecule has 0 radical (unpaired) electrons. The van der Waals surface area contributed by atoms with Gasteiger partial charge >= 0.3 is 0 Å². The third kappa shape index (κ3) is 3.22. The van der Waals surface area contributed by atoms with Crippen LogP contribution in [-0.4, -0.2) is 11.2 Å². The average molecular weight is 222 g/mol. The maximum atomic E-state index is 9.78. The molecule has 0 bridgehead atoms. The molecule has 0 spiro atoms. The first kappa shape index (κ1) is 10.5. The van der Waals surface area contributed by atoms with E-state index in [2.05, 4.69) is 6.07 Å². The number of thiophene rings is 1. The van der Waals surface area contributed by atoms with Crippen molar-refractivity contribution in [3.8, 4) is 0 Å². The van der Waals surface area contributed by atoms with Crippen molar-refractivity contribution < 1.29 is 9.52 Å². The molecule has 2 aromatic rings. The number of aryl methyl sites for hydroxylation is 1. The number of aliphatic hydroxyl groups excluding tert-OH is 1. The zero-order valence-electron chi connectivity index (χ0n) is 8.43. The molecule has 2 heterocycles. The summed E-state index contributed by atoms with van der Waals surface area (Å²) in [4.78, 5) is 1.24. The predicted octanol–water partition coefficient (Wildman–Crippen LogP) is 2.88. The fraction of sp³-hybridized carbons (Fsp3) is 0.333. The Hall–Kier alpha value is -1.06. The number of aliphatic hydroxyl groups is 1. The molecule has 15 heavy (non-hydrogen) atoms. The Balaban J connectivity index is 1.76. The van der Waals surface area contributed by atoms with E-state index >= 15 is 0 Å². The van der Waals surface area contributed by atoms with E-state index in [1.54, 1.807) is 17.6 Å². The quantitative estimate of drug-likeness (QED) is 0.844. The van der Waals surface area contributed by atoms with Crippen LogP contribution in [0.3, 0.4) is 0 Å². The van der Waals surface area contributed by atoms with Gasteiger partial charge in [-0.05, 0) is 30.0 Å². The number of furan rings is 1. The van der Waals surface area contributed by atoms with Gasteiger partial charge in [-0.2, -0.15) is 0 Å². The van der Waals surface area contributed by atoms with E-state index in [9.17, 15) is 5.11 Å². The molecule has 80 valence electrons. The van der Waals surface area contributed by atoms with E-state index < -0.39 is 0 Å². The lowest BCUT2D eigenvalue weighted by molar-refractivity contribution is 0.164. The Kier molecular flexibility index (Phi) is 3.59. The molecule has 0 aliphatic heterocycles. The molecule has 0 saturated heterocycles. The maximum Gasteiger partial charge on any atom is 0.103 e. The Morgan fingerprint density at radius 2 is 2.27 bits per heavy atom. The molecule has 2 aromatic heterocycles. The highest BCUT2D eigenvalue weighted by molar-refractivity contribution is 7.09. The largest absolute Gasteiger partial charge is 0.469 e. The van der Waals surface area contributed by atoms with Gasteiger partial charge in [-0.1, -0.05) is 6.07 Å².